The van der Waals surface area contributed by atoms with Gasteiger partial charge in [0.25, 0.3) is 0 Å². The number of aliphatic hydroxyl groups is 1. The molecule has 3 nitrogen and oxygen atoms in total. The number of aryl methyl sites for hydroxylation is 1. The van der Waals surface area contributed by atoms with Gasteiger partial charge in [-0.05, 0) is 55.2 Å². The number of methoxy groups -OCH3 is 1. The molecule has 2 rings (SSSR count). The predicted molar refractivity (Wildman–Crippen MR) is 83.0 cm³/mol. The second kappa shape index (κ2) is 7.41. The van der Waals surface area contributed by atoms with Crippen LogP contribution in [0.15, 0.2) is 47.1 Å². The van der Waals surface area contributed by atoms with Gasteiger partial charge in [0.2, 0.25) is 0 Å². The summed E-state index contributed by atoms with van der Waals surface area (Å²) in [5, 5.41) is 10.2. The van der Waals surface area contributed by atoms with Gasteiger partial charge >= 0.3 is 0 Å². The van der Waals surface area contributed by atoms with Crippen LogP contribution in [0.2, 0.25) is 0 Å². The number of ether oxygens (including phenoxy) is 1. The predicted octanol–water partition coefficient (Wildman–Crippen LogP) is 3.39. The number of pyridine rings is 1. The molecule has 1 N–H and O–H groups in total. The zero-order valence-electron chi connectivity index (χ0n) is 11.4. The highest BCUT2D eigenvalue weighted by molar-refractivity contribution is 9.10. The summed E-state index contributed by atoms with van der Waals surface area (Å²) in [5.74, 6) is 0.806. The highest BCUT2D eigenvalue weighted by Crippen LogP contribution is 2.24. The Morgan fingerprint density at radius 1 is 1.30 bits per heavy atom. The average Bonchev–Trinajstić information content (AvgIpc) is 2.48. The molecule has 1 aromatic heterocycles. The van der Waals surface area contributed by atoms with Crippen molar-refractivity contribution in [3.05, 3.63) is 58.3 Å². The minimum atomic E-state index is -0.389. The second-order valence-electron chi connectivity index (χ2n) is 4.68. The Labute approximate surface area is 127 Å². The minimum Gasteiger partial charge on any atom is -0.497 e. The zero-order valence-corrected chi connectivity index (χ0v) is 13.0. The van der Waals surface area contributed by atoms with Crippen LogP contribution in [0.1, 0.15) is 17.7 Å². The van der Waals surface area contributed by atoms with Gasteiger partial charge in [0.15, 0.2) is 0 Å². The van der Waals surface area contributed by atoms with E-state index in [2.05, 4.69) is 20.9 Å². The van der Waals surface area contributed by atoms with Crippen LogP contribution in [0.5, 0.6) is 5.75 Å². The molecule has 1 unspecified atom stereocenters. The van der Waals surface area contributed by atoms with Crippen LogP contribution < -0.4 is 4.74 Å². The van der Waals surface area contributed by atoms with Crippen molar-refractivity contribution >= 4 is 15.9 Å². The second-order valence-corrected chi connectivity index (χ2v) is 5.53. The standard InChI is InChI=1S/C16H18BrNO2/c1-20-15-7-8-16(17)12(11-15)10-14(19)6-5-13-4-2-3-9-18-13/h2-4,7-9,11,14,19H,5-6,10H2,1H3. The van der Waals surface area contributed by atoms with E-state index in [9.17, 15) is 5.11 Å². The van der Waals surface area contributed by atoms with Gasteiger partial charge in [0.05, 0.1) is 13.2 Å². The molecule has 0 saturated carbocycles. The maximum absolute atomic E-state index is 10.2. The van der Waals surface area contributed by atoms with E-state index in [-0.39, 0.29) is 6.10 Å². The summed E-state index contributed by atoms with van der Waals surface area (Å²) < 4.78 is 6.20. The van der Waals surface area contributed by atoms with Gasteiger partial charge in [0.1, 0.15) is 5.75 Å². The first kappa shape index (κ1) is 15.0. The van der Waals surface area contributed by atoms with Gasteiger partial charge in [-0.1, -0.05) is 22.0 Å². The van der Waals surface area contributed by atoms with Gasteiger partial charge in [-0.15, -0.1) is 0 Å². The van der Waals surface area contributed by atoms with E-state index in [1.807, 2.05) is 36.4 Å². The number of aliphatic hydroxyl groups excluding tert-OH is 1. The summed E-state index contributed by atoms with van der Waals surface area (Å²) in [4.78, 5) is 4.26. The lowest BCUT2D eigenvalue weighted by Gasteiger charge is -2.12. The largest absolute Gasteiger partial charge is 0.497 e. The van der Waals surface area contributed by atoms with Gasteiger partial charge < -0.3 is 9.84 Å². The fourth-order valence-corrected chi connectivity index (χ4v) is 2.46. The molecular weight excluding hydrogens is 318 g/mol. The lowest BCUT2D eigenvalue weighted by molar-refractivity contribution is 0.164. The number of hydrogen-bond donors (Lipinski definition) is 1. The molecule has 0 bridgehead atoms. The summed E-state index contributed by atoms with van der Waals surface area (Å²) >= 11 is 3.51. The van der Waals surface area contributed by atoms with Crippen LogP contribution in [0, 0.1) is 0 Å². The fourth-order valence-electron chi connectivity index (χ4n) is 2.05. The smallest absolute Gasteiger partial charge is 0.119 e. The number of rotatable bonds is 6. The molecule has 0 aliphatic heterocycles. The summed E-state index contributed by atoms with van der Waals surface area (Å²) in [6.07, 6.45) is 3.47. The van der Waals surface area contributed by atoms with E-state index >= 15 is 0 Å². The van der Waals surface area contributed by atoms with Crippen LogP contribution in [0.3, 0.4) is 0 Å². The Bertz CT molecular complexity index is 545. The van der Waals surface area contributed by atoms with E-state index in [0.717, 1.165) is 27.9 Å². The molecule has 0 fully saturated rings. The lowest BCUT2D eigenvalue weighted by Crippen LogP contribution is -2.12. The molecule has 1 heterocycles. The van der Waals surface area contributed by atoms with Crippen molar-refractivity contribution in [2.75, 3.05) is 7.11 Å². The molecule has 0 spiro atoms. The van der Waals surface area contributed by atoms with Gasteiger partial charge in [-0.25, -0.2) is 0 Å². The third-order valence-corrected chi connectivity index (χ3v) is 3.94. The van der Waals surface area contributed by atoms with Crippen molar-refractivity contribution < 1.29 is 9.84 Å². The molecule has 0 aliphatic carbocycles. The number of hydrogen-bond acceptors (Lipinski definition) is 3. The Morgan fingerprint density at radius 3 is 2.85 bits per heavy atom. The van der Waals surface area contributed by atoms with Gasteiger partial charge in [-0.2, -0.15) is 0 Å². The molecule has 0 radical (unpaired) electrons. The van der Waals surface area contributed by atoms with Crippen LogP contribution >= 0.6 is 15.9 Å². The Kier molecular flexibility index (Phi) is 5.56. The molecule has 106 valence electrons. The lowest BCUT2D eigenvalue weighted by atomic mass is 10.0. The maximum atomic E-state index is 10.2. The number of benzene rings is 1. The van der Waals surface area contributed by atoms with Crippen LogP contribution in [0.4, 0.5) is 0 Å². The first-order chi connectivity index (χ1) is 9.69. The van der Waals surface area contributed by atoms with E-state index in [4.69, 9.17) is 4.74 Å². The van der Waals surface area contributed by atoms with Gasteiger partial charge in [0, 0.05) is 16.4 Å². The third kappa shape index (κ3) is 4.32. The average molecular weight is 336 g/mol. The molecule has 2 aromatic rings. The summed E-state index contributed by atoms with van der Waals surface area (Å²) in [5.41, 5.74) is 2.06. The van der Waals surface area contributed by atoms with E-state index < -0.39 is 0 Å². The van der Waals surface area contributed by atoms with Gasteiger partial charge in [-0.3, -0.25) is 4.98 Å². The van der Waals surface area contributed by atoms with Crippen molar-refractivity contribution in [2.24, 2.45) is 0 Å². The topological polar surface area (TPSA) is 42.4 Å². The van der Waals surface area contributed by atoms with Crippen molar-refractivity contribution in [1.29, 1.82) is 0 Å². The normalized spacial score (nSPS) is 12.2. The monoisotopic (exact) mass is 335 g/mol. The molecule has 0 saturated heterocycles. The fraction of sp³-hybridized carbons (Fsp3) is 0.312. The summed E-state index contributed by atoms with van der Waals surface area (Å²) in [6, 6.07) is 11.6. The Balaban J connectivity index is 1.92. The number of aromatic nitrogens is 1. The van der Waals surface area contributed by atoms with E-state index in [1.165, 1.54) is 0 Å². The highest BCUT2D eigenvalue weighted by Gasteiger charge is 2.10. The van der Waals surface area contributed by atoms with Crippen LogP contribution in [0.25, 0.3) is 0 Å². The van der Waals surface area contributed by atoms with Crippen LogP contribution in [-0.2, 0) is 12.8 Å². The summed E-state index contributed by atoms with van der Waals surface area (Å²) in [6.45, 7) is 0. The quantitative estimate of drug-likeness (QED) is 0.879. The number of nitrogens with zero attached hydrogens (tertiary/aromatic N) is 1. The molecule has 1 aromatic carbocycles. The summed E-state index contributed by atoms with van der Waals surface area (Å²) in [7, 11) is 1.64. The van der Waals surface area contributed by atoms with E-state index in [0.29, 0.717) is 12.8 Å². The third-order valence-electron chi connectivity index (χ3n) is 3.17. The van der Waals surface area contributed by atoms with Crippen molar-refractivity contribution in [3.63, 3.8) is 0 Å². The maximum Gasteiger partial charge on any atom is 0.119 e. The highest BCUT2D eigenvalue weighted by atomic mass is 79.9. The zero-order chi connectivity index (χ0) is 14.4. The molecule has 0 amide bonds. The molecule has 20 heavy (non-hydrogen) atoms. The van der Waals surface area contributed by atoms with E-state index in [1.54, 1.807) is 13.3 Å². The first-order valence-electron chi connectivity index (χ1n) is 6.59. The van der Waals surface area contributed by atoms with Crippen molar-refractivity contribution in [2.45, 2.75) is 25.4 Å². The SMILES string of the molecule is COc1ccc(Br)c(CC(O)CCc2ccccn2)c1. The molecule has 4 heteroatoms. The Hall–Kier alpha value is -1.39. The molecule has 1 atom stereocenters. The van der Waals surface area contributed by atoms with Crippen LogP contribution in [-0.4, -0.2) is 23.3 Å². The Morgan fingerprint density at radius 2 is 2.15 bits per heavy atom. The van der Waals surface area contributed by atoms with Crippen molar-refractivity contribution in [3.8, 4) is 5.75 Å². The number of halogens is 1. The first-order valence-corrected chi connectivity index (χ1v) is 7.38. The molecule has 0 aliphatic rings. The molecular formula is C16H18BrNO2. The minimum absolute atomic E-state index is 0.389. The van der Waals surface area contributed by atoms with Crippen molar-refractivity contribution in [1.82, 2.24) is 4.98 Å².